The van der Waals surface area contributed by atoms with Gasteiger partial charge in [0.1, 0.15) is 46.7 Å². The molecule has 6 heterocycles. The van der Waals surface area contributed by atoms with Crippen molar-refractivity contribution in [1.82, 2.24) is 25.2 Å². The zero-order valence-corrected chi connectivity index (χ0v) is 27.5. The highest BCUT2D eigenvalue weighted by molar-refractivity contribution is 7.23. The molecule has 0 amide bonds. The van der Waals surface area contributed by atoms with Crippen LogP contribution in [-0.2, 0) is 4.74 Å². The average Bonchev–Trinajstić information content (AvgIpc) is 3.64. The number of nitrogens with one attached hydrogen (secondary N) is 1. The molecule has 0 bridgehead atoms. The average molecular weight is 679 g/mol. The van der Waals surface area contributed by atoms with Gasteiger partial charge in [0, 0.05) is 49.7 Å². The molecule has 1 aliphatic carbocycles. The molecule has 3 aromatic heterocycles. The predicted octanol–water partition coefficient (Wildman–Crippen LogP) is 5.33. The number of nitriles is 1. The van der Waals surface area contributed by atoms with Crippen molar-refractivity contribution in [3.05, 3.63) is 35.5 Å². The van der Waals surface area contributed by atoms with Gasteiger partial charge in [-0.05, 0) is 50.8 Å². The lowest BCUT2D eigenvalue weighted by Gasteiger charge is -2.44. The van der Waals surface area contributed by atoms with Crippen LogP contribution in [0.15, 0.2) is 18.3 Å². The van der Waals surface area contributed by atoms with Crippen LogP contribution in [0.1, 0.15) is 51.0 Å². The van der Waals surface area contributed by atoms with E-state index >= 15 is 4.39 Å². The summed E-state index contributed by atoms with van der Waals surface area (Å²) in [6.07, 6.45) is 6.00. The molecule has 3 atom stereocenters. The van der Waals surface area contributed by atoms with Gasteiger partial charge in [0.2, 0.25) is 0 Å². The van der Waals surface area contributed by atoms with Gasteiger partial charge in [0.25, 0.3) is 0 Å². The summed E-state index contributed by atoms with van der Waals surface area (Å²) < 4.78 is 58.9. The van der Waals surface area contributed by atoms with E-state index in [4.69, 9.17) is 20.2 Å². The first-order valence-electron chi connectivity index (χ1n) is 16.6. The molecule has 3 N–H and O–H groups in total. The van der Waals surface area contributed by atoms with Crippen molar-refractivity contribution in [2.45, 2.75) is 68.8 Å². The van der Waals surface area contributed by atoms with E-state index in [9.17, 15) is 14.0 Å². The minimum Gasteiger partial charge on any atom is -0.461 e. The van der Waals surface area contributed by atoms with E-state index < -0.39 is 23.3 Å². The van der Waals surface area contributed by atoms with E-state index in [1.165, 1.54) is 18.3 Å². The van der Waals surface area contributed by atoms with Crippen molar-refractivity contribution in [3.63, 3.8) is 0 Å². The highest BCUT2D eigenvalue weighted by atomic mass is 32.1. The van der Waals surface area contributed by atoms with Gasteiger partial charge in [-0.3, -0.25) is 9.88 Å². The van der Waals surface area contributed by atoms with E-state index in [1.807, 2.05) is 6.07 Å². The lowest BCUT2D eigenvalue weighted by atomic mass is 9.94. The normalized spacial score (nSPS) is 26.0. The molecular weight excluding hydrogens is 641 g/mol. The summed E-state index contributed by atoms with van der Waals surface area (Å²) in [5.41, 5.74) is 5.51. The summed E-state index contributed by atoms with van der Waals surface area (Å²) in [4.78, 5) is 18.2. The molecule has 4 fully saturated rings. The number of alkyl halides is 1. The lowest BCUT2D eigenvalue weighted by Crippen LogP contribution is -2.63. The number of nitrogens with two attached hydrogens (primary N) is 1. The molecule has 252 valence electrons. The number of hydrogen-bond acceptors (Lipinski definition) is 11. The Hall–Kier alpha value is -3.77. The maximum atomic E-state index is 16.9. The number of fused-ring (bicyclic) bond motifs is 3. The van der Waals surface area contributed by atoms with Gasteiger partial charge >= 0.3 is 6.01 Å². The fraction of sp³-hybridized carbons (Fsp3) is 0.529. The molecule has 10 nitrogen and oxygen atoms in total. The van der Waals surface area contributed by atoms with E-state index in [0.717, 1.165) is 50.0 Å². The smallest absolute Gasteiger partial charge is 0.319 e. The summed E-state index contributed by atoms with van der Waals surface area (Å²) in [5, 5.41) is 14.3. The van der Waals surface area contributed by atoms with Crippen molar-refractivity contribution in [1.29, 1.82) is 5.26 Å². The minimum absolute atomic E-state index is 0.00584. The quantitative estimate of drug-likeness (QED) is 0.240. The van der Waals surface area contributed by atoms with Crippen LogP contribution in [-0.4, -0.2) is 89.1 Å². The first-order valence-corrected chi connectivity index (χ1v) is 17.5. The van der Waals surface area contributed by atoms with Crippen LogP contribution in [0.3, 0.4) is 0 Å². The van der Waals surface area contributed by atoms with Crippen molar-refractivity contribution in [3.8, 4) is 23.3 Å². The van der Waals surface area contributed by atoms with Crippen LogP contribution < -0.4 is 20.7 Å². The molecule has 8 rings (SSSR count). The van der Waals surface area contributed by atoms with Gasteiger partial charge in [-0.25, -0.2) is 13.2 Å². The topological polar surface area (TPSA) is 125 Å². The van der Waals surface area contributed by atoms with E-state index in [-0.39, 0.29) is 55.6 Å². The summed E-state index contributed by atoms with van der Waals surface area (Å²) in [5.74, 6) is -0.821. The van der Waals surface area contributed by atoms with E-state index in [1.54, 1.807) is 0 Å². The number of thiophene rings is 1. The first kappa shape index (κ1) is 31.5. The Bertz CT molecular complexity index is 1950. The standard InChI is InChI=1S/C34H37F3N8O2S/c1-2-33(17-46-20-4-5-20)16-44(11-9-41-33)31-23-14-40-27(21-6-7-24(36)29-25(21)22(13-38)30(39)48-29)26(37)28(23)42-32(43-31)47-18-34-8-3-10-45(34)15-19(35)12-34/h6-7,14,19-20,41H,2-5,8-12,15-18,39H2,1H3/t19-,33-,34+/m1/s1. The maximum absolute atomic E-state index is 16.9. The second-order valence-electron chi connectivity index (χ2n) is 13.6. The third-order valence-corrected chi connectivity index (χ3v) is 11.6. The highest BCUT2D eigenvalue weighted by Crippen LogP contribution is 2.43. The van der Waals surface area contributed by atoms with Crippen molar-refractivity contribution in [2.75, 3.05) is 56.6 Å². The Morgan fingerprint density at radius 1 is 1.21 bits per heavy atom. The largest absolute Gasteiger partial charge is 0.461 e. The Morgan fingerprint density at radius 2 is 2.06 bits per heavy atom. The summed E-state index contributed by atoms with van der Waals surface area (Å²) in [7, 11) is 0. The number of nitrogens with zero attached hydrogens (tertiary/aromatic N) is 6. The molecule has 1 saturated carbocycles. The van der Waals surface area contributed by atoms with Gasteiger partial charge in [-0.15, -0.1) is 11.3 Å². The van der Waals surface area contributed by atoms with Crippen LogP contribution in [0.4, 0.5) is 24.0 Å². The Labute approximate surface area is 280 Å². The summed E-state index contributed by atoms with van der Waals surface area (Å²) in [6, 6.07) is 4.67. The summed E-state index contributed by atoms with van der Waals surface area (Å²) >= 11 is 0.940. The summed E-state index contributed by atoms with van der Waals surface area (Å²) in [6.45, 7) is 5.86. The monoisotopic (exact) mass is 678 g/mol. The van der Waals surface area contributed by atoms with Gasteiger partial charge < -0.3 is 25.4 Å². The molecule has 1 aromatic carbocycles. The van der Waals surface area contributed by atoms with Crippen LogP contribution in [0.5, 0.6) is 6.01 Å². The number of piperazine rings is 1. The lowest BCUT2D eigenvalue weighted by molar-refractivity contribution is 0.0521. The van der Waals surface area contributed by atoms with Crippen molar-refractivity contribution >= 4 is 43.1 Å². The maximum Gasteiger partial charge on any atom is 0.319 e. The number of aromatic nitrogens is 3. The molecular formula is C34H37F3N8O2S. The van der Waals surface area contributed by atoms with Gasteiger partial charge in [0.05, 0.1) is 39.4 Å². The van der Waals surface area contributed by atoms with Crippen LogP contribution in [0, 0.1) is 23.0 Å². The van der Waals surface area contributed by atoms with Gasteiger partial charge in [-0.2, -0.15) is 15.2 Å². The molecule has 0 spiro atoms. The van der Waals surface area contributed by atoms with Crippen LogP contribution in [0.25, 0.3) is 32.2 Å². The van der Waals surface area contributed by atoms with Gasteiger partial charge in [-0.1, -0.05) is 6.92 Å². The third-order valence-electron chi connectivity index (χ3n) is 10.5. The Kier molecular flexibility index (Phi) is 7.86. The fourth-order valence-electron chi connectivity index (χ4n) is 7.75. The SMILES string of the molecule is CC[C@]1(COC2CC2)CN(c2nc(OC[C@@]34CCCN3C[C@H](F)C4)nc3c(F)c(-c4ccc(F)c5sc(N)c(C#N)c45)ncc23)CCN1. The Balaban J connectivity index is 1.23. The molecule has 0 unspecified atom stereocenters. The molecule has 48 heavy (non-hydrogen) atoms. The number of hydrogen-bond donors (Lipinski definition) is 2. The number of anilines is 2. The van der Waals surface area contributed by atoms with Crippen molar-refractivity contribution in [2.24, 2.45) is 0 Å². The number of benzene rings is 1. The second-order valence-corrected chi connectivity index (χ2v) is 14.7. The first-order chi connectivity index (χ1) is 23.2. The number of pyridine rings is 1. The molecule has 4 aliphatic rings. The number of ether oxygens (including phenoxy) is 2. The van der Waals surface area contributed by atoms with E-state index in [0.29, 0.717) is 56.5 Å². The zero-order valence-electron chi connectivity index (χ0n) is 26.7. The number of halogens is 3. The molecule has 14 heteroatoms. The molecule has 3 aliphatic heterocycles. The molecule has 3 saturated heterocycles. The minimum atomic E-state index is -0.925. The van der Waals surface area contributed by atoms with Crippen LogP contribution in [0.2, 0.25) is 0 Å². The Morgan fingerprint density at radius 3 is 2.85 bits per heavy atom. The van der Waals surface area contributed by atoms with Gasteiger partial charge in [0.15, 0.2) is 5.82 Å². The molecule has 4 aromatic rings. The fourth-order valence-corrected chi connectivity index (χ4v) is 8.69. The van der Waals surface area contributed by atoms with Crippen molar-refractivity contribution < 1.29 is 22.6 Å². The molecule has 0 radical (unpaired) electrons. The zero-order chi connectivity index (χ0) is 33.2. The third kappa shape index (κ3) is 5.31. The van der Waals surface area contributed by atoms with E-state index in [2.05, 4.69) is 32.0 Å². The number of nitrogen functional groups attached to an aromatic ring is 1. The van der Waals surface area contributed by atoms with Crippen LogP contribution >= 0.6 is 11.3 Å². The predicted molar refractivity (Wildman–Crippen MR) is 178 cm³/mol. The highest BCUT2D eigenvalue weighted by Gasteiger charge is 2.49. The number of rotatable bonds is 9. The second kappa shape index (κ2) is 12.0.